The third-order valence-corrected chi connectivity index (χ3v) is 8.45. The van der Waals surface area contributed by atoms with Crippen LogP contribution in [0, 0.1) is 5.82 Å². The maximum atomic E-state index is 14.9. The van der Waals surface area contributed by atoms with Crippen LogP contribution in [0.2, 0.25) is 0 Å². The van der Waals surface area contributed by atoms with Crippen molar-refractivity contribution in [3.05, 3.63) is 100 Å². The van der Waals surface area contributed by atoms with Crippen LogP contribution < -0.4 is 9.62 Å². The summed E-state index contributed by atoms with van der Waals surface area (Å²) in [6, 6.07) is 20.9. The van der Waals surface area contributed by atoms with E-state index in [2.05, 4.69) is 21.2 Å². The van der Waals surface area contributed by atoms with E-state index in [9.17, 15) is 22.4 Å². The molecule has 0 fully saturated rings. The van der Waals surface area contributed by atoms with Crippen LogP contribution in [-0.2, 0) is 32.8 Å². The van der Waals surface area contributed by atoms with Gasteiger partial charge in [0.2, 0.25) is 11.8 Å². The first-order chi connectivity index (χ1) is 19.2. The summed E-state index contributed by atoms with van der Waals surface area (Å²) in [6.45, 7) is 4.82. The zero-order valence-corrected chi connectivity index (χ0v) is 26.2. The Bertz CT molecular complexity index is 1460. The highest BCUT2D eigenvalue weighted by Gasteiger charge is 2.36. The lowest BCUT2D eigenvalue weighted by Crippen LogP contribution is -2.56. The molecule has 0 bridgehead atoms. The topological polar surface area (TPSA) is 90.0 Å². The van der Waals surface area contributed by atoms with Crippen LogP contribution in [0.25, 0.3) is 0 Å². The molecular weight excluding hydrogens is 611 g/mol. The lowest BCUT2D eigenvalue weighted by atomic mass is 10.0. The van der Waals surface area contributed by atoms with E-state index in [1.165, 1.54) is 37.2 Å². The minimum Gasteiger partial charge on any atom is -0.350 e. The van der Waals surface area contributed by atoms with E-state index in [0.717, 1.165) is 30.3 Å². The molecule has 3 aromatic carbocycles. The van der Waals surface area contributed by atoms with Crippen LogP contribution >= 0.6 is 15.9 Å². The fourth-order valence-corrected chi connectivity index (χ4v) is 5.71. The fourth-order valence-electron chi connectivity index (χ4n) is 4.19. The third kappa shape index (κ3) is 8.85. The maximum Gasteiger partial charge on any atom is 0.304 e. The summed E-state index contributed by atoms with van der Waals surface area (Å²) in [7, 11) is -1.67. The molecule has 3 aromatic rings. The molecule has 220 valence electrons. The van der Waals surface area contributed by atoms with E-state index in [1.54, 1.807) is 0 Å². The second kappa shape index (κ2) is 13.6. The zero-order chi connectivity index (χ0) is 30.4. The van der Waals surface area contributed by atoms with Gasteiger partial charge in [0.25, 0.3) is 0 Å². The number of nitrogens with one attached hydrogen (secondary N) is 1. The van der Waals surface area contributed by atoms with Crippen LogP contribution in [0.3, 0.4) is 0 Å². The molecular formula is C30H36BrFN4O4S. The van der Waals surface area contributed by atoms with E-state index in [1.807, 2.05) is 75.4 Å². The Labute approximate surface area is 250 Å². The zero-order valence-electron chi connectivity index (χ0n) is 23.8. The molecule has 41 heavy (non-hydrogen) atoms. The Morgan fingerprint density at radius 1 is 0.927 bits per heavy atom. The molecule has 2 amide bonds. The van der Waals surface area contributed by atoms with E-state index in [4.69, 9.17) is 0 Å². The average molecular weight is 648 g/mol. The quantitative estimate of drug-likeness (QED) is 0.325. The van der Waals surface area contributed by atoms with Crippen molar-refractivity contribution in [2.24, 2.45) is 0 Å². The molecule has 8 nitrogen and oxygen atoms in total. The first-order valence-corrected chi connectivity index (χ1v) is 15.2. The van der Waals surface area contributed by atoms with Gasteiger partial charge in [0, 0.05) is 37.1 Å². The van der Waals surface area contributed by atoms with Gasteiger partial charge in [-0.05, 0) is 56.2 Å². The summed E-state index contributed by atoms with van der Waals surface area (Å²) in [5.41, 5.74) is 0.683. The van der Waals surface area contributed by atoms with Gasteiger partial charge in [-0.2, -0.15) is 12.7 Å². The highest BCUT2D eigenvalue weighted by atomic mass is 79.9. The number of benzene rings is 3. The second-order valence-electron chi connectivity index (χ2n) is 10.8. The highest BCUT2D eigenvalue weighted by Crippen LogP contribution is 2.25. The van der Waals surface area contributed by atoms with Gasteiger partial charge >= 0.3 is 10.2 Å². The number of halogens is 2. The van der Waals surface area contributed by atoms with Crippen molar-refractivity contribution in [3.63, 3.8) is 0 Å². The Morgan fingerprint density at radius 2 is 1.54 bits per heavy atom. The average Bonchev–Trinajstić information content (AvgIpc) is 2.89. The van der Waals surface area contributed by atoms with Crippen molar-refractivity contribution in [2.45, 2.75) is 45.3 Å². The molecule has 0 spiro atoms. The molecule has 11 heteroatoms. The van der Waals surface area contributed by atoms with Gasteiger partial charge in [0.1, 0.15) is 18.4 Å². The van der Waals surface area contributed by atoms with Crippen molar-refractivity contribution in [2.75, 3.05) is 24.9 Å². The SMILES string of the molecule is CN(C)S(=O)(=O)N(CC(=O)N(Cc1cccc(Br)c1)[C@@H](Cc1ccccc1)C(=O)NC(C)(C)C)c1ccccc1F. The number of para-hydroxylation sites is 1. The van der Waals surface area contributed by atoms with Gasteiger partial charge in [-0.1, -0.05) is 70.5 Å². The summed E-state index contributed by atoms with van der Waals surface area (Å²) in [4.78, 5) is 29.3. The number of amides is 2. The Morgan fingerprint density at radius 3 is 2.12 bits per heavy atom. The number of hydrogen-bond donors (Lipinski definition) is 1. The molecule has 0 aliphatic heterocycles. The largest absolute Gasteiger partial charge is 0.350 e. The van der Waals surface area contributed by atoms with E-state index in [-0.39, 0.29) is 18.7 Å². The van der Waals surface area contributed by atoms with E-state index in [0.29, 0.717) is 0 Å². The number of rotatable bonds is 11. The number of carbonyl (C=O) groups is 2. The van der Waals surface area contributed by atoms with Crippen LogP contribution in [0.5, 0.6) is 0 Å². The molecule has 0 heterocycles. The van der Waals surface area contributed by atoms with Gasteiger partial charge in [0.05, 0.1) is 5.69 Å². The molecule has 0 aliphatic rings. The van der Waals surface area contributed by atoms with Crippen molar-refractivity contribution in [3.8, 4) is 0 Å². The molecule has 0 radical (unpaired) electrons. The standard InChI is InChI=1S/C30H36BrFN4O4S/c1-30(2,3)33-29(38)27(19-22-12-7-6-8-13-22)35(20-23-14-11-15-24(31)18-23)28(37)21-36(41(39,40)34(4)5)26-17-10-9-16-25(26)32/h6-18,27H,19-21H2,1-5H3,(H,33,38)/t27-/m0/s1. The summed E-state index contributed by atoms with van der Waals surface area (Å²) in [6.07, 6.45) is 0.183. The Balaban J connectivity index is 2.13. The minimum atomic E-state index is -4.29. The van der Waals surface area contributed by atoms with Crippen molar-refractivity contribution < 1.29 is 22.4 Å². The summed E-state index contributed by atoms with van der Waals surface area (Å²) in [5, 5.41) is 2.97. The number of nitrogens with zero attached hydrogens (tertiary/aromatic N) is 3. The number of carbonyl (C=O) groups excluding carboxylic acids is 2. The van der Waals surface area contributed by atoms with Gasteiger partial charge in [-0.3, -0.25) is 9.59 Å². The van der Waals surface area contributed by atoms with Crippen LogP contribution in [-0.4, -0.2) is 61.7 Å². The van der Waals surface area contributed by atoms with E-state index < -0.39 is 46.0 Å². The Hall–Kier alpha value is -3.28. The molecule has 0 aliphatic carbocycles. The lowest BCUT2D eigenvalue weighted by Gasteiger charge is -2.35. The predicted molar refractivity (Wildman–Crippen MR) is 163 cm³/mol. The number of hydrogen-bond acceptors (Lipinski definition) is 4. The maximum absolute atomic E-state index is 14.9. The minimum absolute atomic E-state index is 0.0143. The molecule has 0 unspecified atom stereocenters. The molecule has 0 saturated heterocycles. The van der Waals surface area contributed by atoms with Gasteiger partial charge in [0.15, 0.2) is 0 Å². The normalized spacial score (nSPS) is 12.6. The summed E-state index contributed by atoms with van der Waals surface area (Å²) in [5.74, 6) is -1.85. The van der Waals surface area contributed by atoms with Crippen molar-refractivity contribution in [1.82, 2.24) is 14.5 Å². The highest BCUT2D eigenvalue weighted by molar-refractivity contribution is 9.10. The van der Waals surface area contributed by atoms with Crippen LogP contribution in [0.15, 0.2) is 83.3 Å². The molecule has 1 atom stereocenters. The monoisotopic (exact) mass is 646 g/mol. The Kier molecular flexibility index (Phi) is 10.7. The van der Waals surface area contributed by atoms with Crippen LogP contribution in [0.1, 0.15) is 31.9 Å². The smallest absolute Gasteiger partial charge is 0.304 e. The number of anilines is 1. The summed E-state index contributed by atoms with van der Waals surface area (Å²) >= 11 is 3.45. The molecule has 0 aromatic heterocycles. The second-order valence-corrected chi connectivity index (χ2v) is 13.8. The molecule has 1 N–H and O–H groups in total. The first kappa shape index (κ1) is 32.2. The molecule has 3 rings (SSSR count). The lowest BCUT2D eigenvalue weighted by molar-refractivity contribution is -0.140. The predicted octanol–water partition coefficient (Wildman–Crippen LogP) is 4.76. The van der Waals surface area contributed by atoms with Gasteiger partial charge < -0.3 is 10.2 Å². The summed E-state index contributed by atoms with van der Waals surface area (Å²) < 4.78 is 44.1. The molecule has 0 saturated carbocycles. The fraction of sp³-hybridized carbons (Fsp3) is 0.333. The van der Waals surface area contributed by atoms with Crippen molar-refractivity contribution in [1.29, 1.82) is 0 Å². The van der Waals surface area contributed by atoms with Gasteiger partial charge in [-0.15, -0.1) is 0 Å². The third-order valence-electron chi connectivity index (χ3n) is 6.15. The van der Waals surface area contributed by atoms with Crippen LogP contribution in [0.4, 0.5) is 10.1 Å². The van der Waals surface area contributed by atoms with Crippen molar-refractivity contribution >= 4 is 43.6 Å². The van der Waals surface area contributed by atoms with Gasteiger partial charge in [-0.25, -0.2) is 8.70 Å². The van der Waals surface area contributed by atoms with E-state index >= 15 is 0 Å². The first-order valence-electron chi connectivity index (χ1n) is 13.0.